The Bertz CT molecular complexity index is 1220. The molecular formula is C19H15F3N3O4S2-. The van der Waals surface area contributed by atoms with Crippen molar-refractivity contribution in [1.29, 1.82) is 0 Å². The fraction of sp³-hybridized carbons (Fsp3) is 0.158. The zero-order chi connectivity index (χ0) is 23.0. The van der Waals surface area contributed by atoms with Crippen LogP contribution in [0, 0.1) is 0 Å². The highest BCUT2D eigenvalue weighted by Gasteiger charge is 2.40. The topological polar surface area (TPSA) is 118 Å². The number of aromatic nitrogens is 2. The molecule has 2 N–H and O–H groups in total. The Morgan fingerprint density at radius 2 is 1.65 bits per heavy atom. The summed E-state index contributed by atoms with van der Waals surface area (Å²) >= 11 is 1.40. The third-order valence-electron chi connectivity index (χ3n) is 4.33. The number of primary sulfonamides is 1. The minimum atomic E-state index is -4.92. The molecule has 12 heteroatoms. The van der Waals surface area contributed by atoms with Crippen LogP contribution in [-0.4, -0.2) is 30.4 Å². The number of hydrogen-bond acceptors (Lipinski definition) is 6. The summed E-state index contributed by atoms with van der Waals surface area (Å²) in [5.41, 5.74) is -1.42. The highest BCUT2D eigenvalue weighted by molar-refractivity contribution is 7.98. The summed E-state index contributed by atoms with van der Waals surface area (Å²) in [5, 5.41) is 20.0. The average molecular weight is 470 g/mol. The molecular weight excluding hydrogens is 455 g/mol. The average Bonchev–Trinajstić information content (AvgIpc) is 3.06. The molecule has 3 aromatic rings. The van der Waals surface area contributed by atoms with Gasteiger partial charge in [0.15, 0.2) is 5.69 Å². The van der Waals surface area contributed by atoms with E-state index in [0.717, 1.165) is 17.0 Å². The Labute approximate surface area is 179 Å². The lowest BCUT2D eigenvalue weighted by Crippen LogP contribution is -2.30. The molecule has 164 valence electrons. The second kappa shape index (κ2) is 8.36. The Morgan fingerprint density at radius 1 is 1.10 bits per heavy atom. The van der Waals surface area contributed by atoms with Gasteiger partial charge in [-0.2, -0.15) is 18.3 Å². The van der Waals surface area contributed by atoms with E-state index in [9.17, 15) is 31.5 Å². The number of thioether (sulfide) groups is 1. The standard InChI is InChI=1S/C19H16F3N3O4S2/c1-30-13-6-2-11(3-7-13)16-17(12-4-8-14(9-5-12)31(23,28)29)24-25(10-15(26)27)18(16)19(20,21)22/h2-9H,10H2,1H3,(H,26,27)(H2,23,28,29)/p-1. The van der Waals surface area contributed by atoms with Crippen molar-refractivity contribution in [3.63, 3.8) is 0 Å². The summed E-state index contributed by atoms with van der Waals surface area (Å²) in [6.07, 6.45) is -3.11. The highest BCUT2D eigenvalue weighted by Crippen LogP contribution is 2.43. The molecule has 7 nitrogen and oxygen atoms in total. The minimum absolute atomic E-state index is 0.152. The molecule has 1 heterocycles. The predicted molar refractivity (Wildman–Crippen MR) is 106 cm³/mol. The molecule has 31 heavy (non-hydrogen) atoms. The third kappa shape index (κ3) is 4.92. The molecule has 0 atom stereocenters. The Kier molecular flexibility index (Phi) is 6.16. The lowest BCUT2D eigenvalue weighted by molar-refractivity contribution is -0.306. The van der Waals surface area contributed by atoms with Crippen LogP contribution < -0.4 is 10.2 Å². The number of benzene rings is 2. The van der Waals surface area contributed by atoms with Gasteiger partial charge in [0.05, 0.1) is 17.4 Å². The van der Waals surface area contributed by atoms with Crippen molar-refractivity contribution in [1.82, 2.24) is 9.78 Å². The molecule has 0 amide bonds. The highest BCUT2D eigenvalue weighted by atomic mass is 32.2. The molecule has 0 saturated heterocycles. The number of hydrogen-bond donors (Lipinski definition) is 1. The van der Waals surface area contributed by atoms with Gasteiger partial charge in [-0.15, -0.1) is 11.8 Å². The Morgan fingerprint density at radius 3 is 2.10 bits per heavy atom. The van der Waals surface area contributed by atoms with Crippen LogP contribution in [0.15, 0.2) is 58.3 Å². The van der Waals surface area contributed by atoms with Crippen LogP contribution in [0.4, 0.5) is 13.2 Å². The van der Waals surface area contributed by atoms with Gasteiger partial charge in [-0.05, 0) is 36.1 Å². The first kappa shape index (κ1) is 22.8. The van der Waals surface area contributed by atoms with Crippen molar-refractivity contribution in [3.05, 3.63) is 54.2 Å². The maximum Gasteiger partial charge on any atom is 0.433 e. The van der Waals surface area contributed by atoms with Crippen LogP contribution in [0.3, 0.4) is 0 Å². The van der Waals surface area contributed by atoms with E-state index in [1.54, 1.807) is 12.1 Å². The first-order chi connectivity index (χ1) is 14.4. The molecule has 1 aromatic heterocycles. The first-order valence-electron chi connectivity index (χ1n) is 8.57. The molecule has 0 spiro atoms. The molecule has 0 aliphatic rings. The van der Waals surface area contributed by atoms with E-state index in [1.807, 2.05) is 6.26 Å². The summed E-state index contributed by atoms with van der Waals surface area (Å²) in [4.78, 5) is 11.6. The second-order valence-corrected chi connectivity index (χ2v) is 8.84. The molecule has 0 aliphatic carbocycles. The van der Waals surface area contributed by atoms with Gasteiger partial charge in [0.2, 0.25) is 10.0 Å². The normalized spacial score (nSPS) is 12.2. The van der Waals surface area contributed by atoms with Crippen LogP contribution >= 0.6 is 11.8 Å². The number of sulfonamides is 1. The van der Waals surface area contributed by atoms with Crippen molar-refractivity contribution in [2.24, 2.45) is 5.14 Å². The molecule has 0 fully saturated rings. The summed E-state index contributed by atoms with van der Waals surface area (Å²) in [6, 6.07) is 11.0. The largest absolute Gasteiger partial charge is 0.548 e. The van der Waals surface area contributed by atoms with E-state index >= 15 is 0 Å². The summed E-state index contributed by atoms with van der Waals surface area (Å²) in [6.45, 7) is -1.11. The SMILES string of the molecule is CSc1ccc(-c2c(-c3ccc(S(N)(=O)=O)cc3)nn(CC(=O)[O-])c2C(F)(F)F)cc1. The van der Waals surface area contributed by atoms with E-state index in [1.165, 1.54) is 36.0 Å². The van der Waals surface area contributed by atoms with Gasteiger partial charge in [-0.1, -0.05) is 24.3 Å². The van der Waals surface area contributed by atoms with Crippen molar-refractivity contribution in [2.45, 2.75) is 22.5 Å². The van der Waals surface area contributed by atoms with Crippen molar-refractivity contribution < 1.29 is 31.5 Å². The maximum absolute atomic E-state index is 14.0. The first-order valence-corrected chi connectivity index (χ1v) is 11.3. The number of carboxylic acids is 1. The Hall–Kier alpha value is -2.83. The van der Waals surface area contributed by atoms with Crippen LogP contribution in [-0.2, 0) is 27.5 Å². The minimum Gasteiger partial charge on any atom is -0.548 e. The number of nitrogens with two attached hydrogens (primary N) is 1. The van der Waals surface area contributed by atoms with Gasteiger partial charge in [0.1, 0.15) is 5.69 Å². The number of carbonyl (C=O) groups is 1. The van der Waals surface area contributed by atoms with E-state index in [-0.39, 0.29) is 27.3 Å². The monoisotopic (exact) mass is 470 g/mol. The molecule has 0 radical (unpaired) electrons. The number of nitrogens with zero attached hydrogens (tertiary/aromatic N) is 2. The van der Waals surface area contributed by atoms with Gasteiger partial charge in [-0.25, -0.2) is 13.6 Å². The maximum atomic E-state index is 14.0. The number of carbonyl (C=O) groups excluding carboxylic acids is 1. The second-order valence-electron chi connectivity index (χ2n) is 6.40. The predicted octanol–water partition coefficient (Wildman–Crippen LogP) is 2.36. The number of rotatable bonds is 6. The lowest BCUT2D eigenvalue weighted by Gasteiger charge is -2.13. The fourth-order valence-electron chi connectivity index (χ4n) is 3.02. The van der Waals surface area contributed by atoms with Crippen LogP contribution in [0.25, 0.3) is 22.4 Å². The van der Waals surface area contributed by atoms with Crippen molar-refractivity contribution in [2.75, 3.05) is 6.26 Å². The molecule has 0 saturated carbocycles. The van der Waals surface area contributed by atoms with Crippen LogP contribution in [0.5, 0.6) is 0 Å². The van der Waals surface area contributed by atoms with Gasteiger partial charge in [0, 0.05) is 16.0 Å². The quantitative estimate of drug-likeness (QED) is 0.553. The summed E-state index contributed by atoms with van der Waals surface area (Å²) in [5.74, 6) is -1.74. The number of carboxylic acid groups (broad SMARTS) is 1. The smallest absolute Gasteiger partial charge is 0.433 e. The zero-order valence-corrected chi connectivity index (χ0v) is 17.5. The van der Waals surface area contributed by atoms with Gasteiger partial charge < -0.3 is 9.90 Å². The Balaban J connectivity index is 2.31. The zero-order valence-electron chi connectivity index (χ0n) is 15.9. The molecule has 0 aliphatic heterocycles. The summed E-state index contributed by atoms with van der Waals surface area (Å²) < 4.78 is 65.2. The molecule has 0 unspecified atom stereocenters. The van der Waals surface area contributed by atoms with Gasteiger partial charge in [0.25, 0.3) is 0 Å². The van der Waals surface area contributed by atoms with Crippen LogP contribution in [0.2, 0.25) is 0 Å². The van der Waals surface area contributed by atoms with Gasteiger partial charge >= 0.3 is 6.18 Å². The summed E-state index contributed by atoms with van der Waals surface area (Å²) in [7, 11) is -4.01. The van der Waals surface area contributed by atoms with Crippen molar-refractivity contribution >= 4 is 27.8 Å². The number of aliphatic carboxylic acids is 1. The van der Waals surface area contributed by atoms with E-state index in [2.05, 4.69) is 5.10 Å². The van der Waals surface area contributed by atoms with E-state index in [0.29, 0.717) is 4.68 Å². The number of alkyl halides is 3. The van der Waals surface area contributed by atoms with Crippen molar-refractivity contribution in [3.8, 4) is 22.4 Å². The van der Waals surface area contributed by atoms with E-state index < -0.39 is 34.4 Å². The lowest BCUT2D eigenvalue weighted by atomic mass is 9.98. The molecule has 3 rings (SSSR count). The molecule has 2 aromatic carbocycles. The number of halogens is 3. The van der Waals surface area contributed by atoms with Crippen LogP contribution in [0.1, 0.15) is 5.69 Å². The molecule has 0 bridgehead atoms. The third-order valence-corrected chi connectivity index (χ3v) is 6.01. The van der Waals surface area contributed by atoms with Gasteiger partial charge in [-0.3, -0.25) is 4.68 Å². The fourth-order valence-corrected chi connectivity index (χ4v) is 3.95. The van der Waals surface area contributed by atoms with E-state index in [4.69, 9.17) is 5.14 Å².